The van der Waals surface area contributed by atoms with E-state index in [2.05, 4.69) is 10.7 Å². The minimum atomic E-state index is 0.448. The lowest BCUT2D eigenvalue weighted by Crippen LogP contribution is -1.95. The van der Waals surface area contributed by atoms with Gasteiger partial charge in [0, 0.05) is 17.3 Å². The Hall–Kier alpha value is -1.52. The van der Waals surface area contributed by atoms with Crippen LogP contribution in [0.2, 0.25) is 5.02 Å². The predicted molar refractivity (Wildman–Crippen MR) is 88.4 cm³/mol. The zero-order valence-electron chi connectivity index (χ0n) is 12.4. The molecule has 1 aromatic carbocycles. The van der Waals surface area contributed by atoms with Gasteiger partial charge in [0.15, 0.2) is 0 Å². The Kier molecular flexibility index (Phi) is 12.1. The Morgan fingerprint density at radius 3 is 2.11 bits per heavy atom. The highest BCUT2D eigenvalue weighted by Crippen LogP contribution is 2.31. The molecule has 4 nitrogen and oxygen atoms in total. The molecule has 0 aliphatic rings. The number of rotatable bonds is 0. The van der Waals surface area contributed by atoms with Crippen LogP contribution in [0.1, 0.15) is 27.7 Å². The molecule has 0 saturated carbocycles. The number of halogens is 1. The maximum atomic E-state index is 5.85. The number of aromatic nitrogens is 1. The van der Waals surface area contributed by atoms with E-state index in [1.807, 2.05) is 39.8 Å². The average molecular weight is 285 g/mol. The first-order valence-corrected chi connectivity index (χ1v) is 6.74. The largest absolute Gasteiger partial charge is 0.398 e. The number of pyridine rings is 1. The first kappa shape index (κ1) is 19.8. The maximum absolute atomic E-state index is 5.85. The van der Waals surface area contributed by atoms with Crippen molar-refractivity contribution in [3.63, 3.8) is 0 Å². The van der Waals surface area contributed by atoms with Crippen molar-refractivity contribution in [2.75, 3.05) is 18.5 Å². The number of anilines is 2. The third kappa shape index (κ3) is 5.32. The van der Waals surface area contributed by atoms with Crippen LogP contribution >= 0.6 is 11.6 Å². The summed E-state index contributed by atoms with van der Waals surface area (Å²) in [6.07, 6.45) is 1.66. The normalized spacial score (nSPS) is 8.16. The highest BCUT2D eigenvalue weighted by molar-refractivity contribution is 6.35. The predicted octanol–water partition coefficient (Wildman–Crippen LogP) is 3.68. The summed E-state index contributed by atoms with van der Waals surface area (Å²) in [7, 11) is 1.50. The van der Waals surface area contributed by atoms with Gasteiger partial charge in [0.05, 0.1) is 16.2 Å². The fourth-order valence-electron chi connectivity index (χ4n) is 1.26. The second-order valence-corrected chi connectivity index (χ2v) is 3.17. The number of nitrogens with two attached hydrogens (primary N) is 3. The third-order valence-electron chi connectivity index (χ3n) is 1.91. The summed E-state index contributed by atoms with van der Waals surface area (Å²) in [5.74, 6) is 0. The minimum Gasteiger partial charge on any atom is -0.398 e. The zero-order chi connectivity index (χ0) is 15.4. The van der Waals surface area contributed by atoms with Crippen LogP contribution in [0.4, 0.5) is 11.4 Å². The summed E-state index contributed by atoms with van der Waals surface area (Å²) in [6, 6.07) is 5.32. The van der Waals surface area contributed by atoms with Crippen molar-refractivity contribution in [2.45, 2.75) is 27.7 Å². The van der Waals surface area contributed by atoms with Gasteiger partial charge in [-0.1, -0.05) is 39.3 Å². The van der Waals surface area contributed by atoms with E-state index >= 15 is 0 Å². The molecule has 0 aliphatic heterocycles. The van der Waals surface area contributed by atoms with Gasteiger partial charge >= 0.3 is 0 Å². The standard InChI is InChI=1S/C9H8ClN3.2C2H6.CH5N/c10-6-4-7(11)5-2-1-3-13-9(5)8(6)12;3*1-2/h1-4H,11-12H2;2*1-2H3;2H2,1H3. The van der Waals surface area contributed by atoms with E-state index in [-0.39, 0.29) is 0 Å². The molecule has 0 spiro atoms. The number of hydrogen-bond donors (Lipinski definition) is 3. The molecule has 0 amide bonds. The van der Waals surface area contributed by atoms with Crippen molar-refractivity contribution < 1.29 is 0 Å². The first-order chi connectivity index (χ1) is 9.20. The third-order valence-corrected chi connectivity index (χ3v) is 2.23. The molecule has 2 rings (SSSR count). The molecule has 0 atom stereocenters. The summed E-state index contributed by atoms with van der Waals surface area (Å²) in [5, 5.41) is 1.29. The molecule has 0 bridgehead atoms. The number of nitrogen functional groups attached to an aromatic ring is 2. The molecule has 0 radical (unpaired) electrons. The lowest BCUT2D eigenvalue weighted by molar-refractivity contribution is 1.41. The summed E-state index contributed by atoms with van der Waals surface area (Å²) in [4.78, 5) is 4.11. The average Bonchev–Trinajstić information content (AvgIpc) is 2.51. The Labute approximate surface area is 120 Å². The van der Waals surface area contributed by atoms with Crippen molar-refractivity contribution in [1.29, 1.82) is 0 Å². The van der Waals surface area contributed by atoms with Gasteiger partial charge in [-0.05, 0) is 25.2 Å². The van der Waals surface area contributed by atoms with Gasteiger partial charge in [0.1, 0.15) is 0 Å². The quantitative estimate of drug-likeness (QED) is 0.644. The molecule has 19 heavy (non-hydrogen) atoms. The fourth-order valence-corrected chi connectivity index (χ4v) is 1.47. The monoisotopic (exact) mass is 284 g/mol. The molecule has 6 N–H and O–H groups in total. The summed E-state index contributed by atoms with van der Waals surface area (Å²) in [5.41, 5.74) is 17.7. The van der Waals surface area contributed by atoms with E-state index in [4.69, 9.17) is 23.1 Å². The van der Waals surface area contributed by atoms with E-state index in [9.17, 15) is 0 Å². The van der Waals surface area contributed by atoms with Crippen molar-refractivity contribution in [2.24, 2.45) is 5.73 Å². The molecule has 0 aliphatic carbocycles. The molecule has 0 saturated heterocycles. The van der Waals surface area contributed by atoms with E-state index in [0.717, 1.165) is 5.39 Å². The van der Waals surface area contributed by atoms with Gasteiger partial charge in [0.2, 0.25) is 0 Å². The maximum Gasteiger partial charge on any atom is 0.0967 e. The first-order valence-electron chi connectivity index (χ1n) is 6.36. The molecule has 108 valence electrons. The van der Waals surface area contributed by atoms with Crippen molar-refractivity contribution in [1.82, 2.24) is 4.98 Å². The number of nitrogens with zero attached hydrogens (tertiary/aromatic N) is 1. The van der Waals surface area contributed by atoms with Gasteiger partial charge < -0.3 is 17.2 Å². The topological polar surface area (TPSA) is 91.0 Å². The van der Waals surface area contributed by atoms with Crippen LogP contribution in [0.5, 0.6) is 0 Å². The van der Waals surface area contributed by atoms with Crippen LogP contribution in [0, 0.1) is 0 Å². The Morgan fingerprint density at radius 2 is 1.58 bits per heavy atom. The van der Waals surface area contributed by atoms with Crippen molar-refractivity contribution in [3.8, 4) is 0 Å². The zero-order valence-corrected chi connectivity index (χ0v) is 13.1. The van der Waals surface area contributed by atoms with Crippen LogP contribution in [0.15, 0.2) is 24.4 Å². The number of hydrogen-bond acceptors (Lipinski definition) is 4. The smallest absolute Gasteiger partial charge is 0.0967 e. The highest BCUT2D eigenvalue weighted by atomic mass is 35.5. The van der Waals surface area contributed by atoms with Crippen LogP contribution in [0.3, 0.4) is 0 Å². The number of fused-ring (bicyclic) bond motifs is 1. The fraction of sp³-hybridized carbons (Fsp3) is 0.357. The Morgan fingerprint density at radius 1 is 1.05 bits per heavy atom. The minimum absolute atomic E-state index is 0.448. The Bertz CT molecular complexity index is 472. The van der Waals surface area contributed by atoms with Crippen LogP contribution in [-0.4, -0.2) is 12.0 Å². The van der Waals surface area contributed by atoms with E-state index in [0.29, 0.717) is 21.9 Å². The molecule has 5 heteroatoms. The van der Waals surface area contributed by atoms with Crippen LogP contribution < -0.4 is 17.2 Å². The second-order valence-electron chi connectivity index (χ2n) is 2.76. The molecular formula is C14H25ClN4. The van der Waals surface area contributed by atoms with Gasteiger partial charge in [-0.15, -0.1) is 0 Å². The highest BCUT2D eigenvalue weighted by Gasteiger charge is 2.06. The molecule has 1 aromatic heterocycles. The van der Waals surface area contributed by atoms with Crippen molar-refractivity contribution >= 4 is 33.9 Å². The molecular weight excluding hydrogens is 260 g/mol. The molecule has 0 fully saturated rings. The summed E-state index contributed by atoms with van der Waals surface area (Å²) in [6.45, 7) is 8.00. The number of benzene rings is 1. The SMILES string of the molecule is CC.CC.CN.Nc1cc(Cl)c(N)c2ncccc12. The van der Waals surface area contributed by atoms with E-state index < -0.39 is 0 Å². The van der Waals surface area contributed by atoms with Gasteiger partial charge in [-0.2, -0.15) is 0 Å². The molecule has 2 aromatic rings. The van der Waals surface area contributed by atoms with Crippen LogP contribution in [-0.2, 0) is 0 Å². The lowest BCUT2D eigenvalue weighted by Gasteiger charge is -2.05. The van der Waals surface area contributed by atoms with E-state index in [1.165, 1.54) is 7.05 Å². The van der Waals surface area contributed by atoms with Gasteiger partial charge in [0.25, 0.3) is 0 Å². The van der Waals surface area contributed by atoms with Crippen LogP contribution in [0.25, 0.3) is 10.9 Å². The van der Waals surface area contributed by atoms with Crippen molar-refractivity contribution in [3.05, 3.63) is 29.4 Å². The second kappa shape index (κ2) is 11.6. The molecule has 1 heterocycles. The summed E-state index contributed by atoms with van der Waals surface area (Å²) >= 11 is 5.85. The van der Waals surface area contributed by atoms with E-state index in [1.54, 1.807) is 12.3 Å². The Balaban J connectivity index is 0. The van der Waals surface area contributed by atoms with Gasteiger partial charge in [-0.3, -0.25) is 4.98 Å². The lowest BCUT2D eigenvalue weighted by atomic mass is 10.1. The molecule has 0 unspecified atom stereocenters. The van der Waals surface area contributed by atoms with Gasteiger partial charge in [-0.25, -0.2) is 0 Å². The summed E-state index contributed by atoms with van der Waals surface area (Å²) < 4.78 is 0.